The van der Waals surface area contributed by atoms with Crippen molar-refractivity contribution >= 4 is 27.6 Å². The van der Waals surface area contributed by atoms with E-state index in [1.807, 2.05) is 13.8 Å². The minimum atomic E-state index is -3.97. The van der Waals surface area contributed by atoms with E-state index in [4.69, 9.17) is 18.9 Å². The van der Waals surface area contributed by atoms with Crippen molar-refractivity contribution in [1.29, 1.82) is 0 Å². The molecule has 0 aliphatic carbocycles. The Labute approximate surface area is 193 Å². The zero-order chi connectivity index (χ0) is 24.4. The highest BCUT2D eigenvalue weighted by Crippen LogP contribution is 2.30. The van der Waals surface area contributed by atoms with Crippen LogP contribution in [0.4, 0.5) is 5.69 Å². The lowest BCUT2D eigenvalue weighted by molar-refractivity contribution is -0.148. The van der Waals surface area contributed by atoms with Gasteiger partial charge in [-0.05, 0) is 57.2 Å². The van der Waals surface area contributed by atoms with E-state index in [-0.39, 0.29) is 4.90 Å². The van der Waals surface area contributed by atoms with Crippen LogP contribution in [0.1, 0.15) is 20.8 Å². The van der Waals surface area contributed by atoms with Gasteiger partial charge in [0.2, 0.25) is 10.0 Å². The van der Waals surface area contributed by atoms with E-state index in [9.17, 15) is 18.0 Å². The van der Waals surface area contributed by atoms with Crippen LogP contribution < -0.4 is 24.2 Å². The van der Waals surface area contributed by atoms with Gasteiger partial charge in [0.15, 0.2) is 18.1 Å². The van der Waals surface area contributed by atoms with Crippen LogP contribution in [0, 0.1) is 0 Å². The number of carbonyl (C=O) groups excluding carboxylic acids is 2. The van der Waals surface area contributed by atoms with Crippen molar-refractivity contribution in [3.63, 3.8) is 0 Å². The lowest BCUT2D eigenvalue weighted by Gasteiger charge is -2.15. The molecule has 0 radical (unpaired) electrons. The quantitative estimate of drug-likeness (QED) is 0.443. The molecule has 2 aromatic carbocycles. The second-order valence-corrected chi connectivity index (χ2v) is 8.42. The van der Waals surface area contributed by atoms with E-state index in [0.29, 0.717) is 36.1 Å². The molecule has 0 saturated heterocycles. The molecule has 33 heavy (non-hydrogen) atoms. The Kier molecular flexibility index (Phi) is 9.49. The Morgan fingerprint density at radius 3 is 2.21 bits per heavy atom. The van der Waals surface area contributed by atoms with Gasteiger partial charge >= 0.3 is 5.97 Å². The second-order valence-electron chi connectivity index (χ2n) is 6.70. The molecule has 10 nitrogen and oxygen atoms in total. The largest absolute Gasteiger partial charge is 0.497 e. The third-order valence-electron chi connectivity index (χ3n) is 4.23. The van der Waals surface area contributed by atoms with Gasteiger partial charge in [0, 0.05) is 11.8 Å². The number of esters is 1. The fraction of sp³-hybridized carbons (Fsp3) is 0.364. The lowest BCUT2D eigenvalue weighted by atomic mass is 10.2. The lowest BCUT2D eigenvalue weighted by Crippen LogP contribution is -2.40. The molecular formula is C22H28N2O8S. The van der Waals surface area contributed by atoms with E-state index in [1.54, 1.807) is 18.2 Å². The maximum atomic E-state index is 12.4. The number of hydrogen-bond acceptors (Lipinski definition) is 8. The first-order chi connectivity index (χ1) is 15.7. The van der Waals surface area contributed by atoms with Gasteiger partial charge in [-0.1, -0.05) is 0 Å². The molecular weight excluding hydrogens is 452 g/mol. The van der Waals surface area contributed by atoms with Gasteiger partial charge in [-0.15, -0.1) is 0 Å². The summed E-state index contributed by atoms with van der Waals surface area (Å²) in [5.74, 6) is 0.00915. The molecule has 0 aliphatic rings. The molecule has 0 bridgehead atoms. The normalized spacial score (nSPS) is 11.9. The highest BCUT2D eigenvalue weighted by Gasteiger charge is 2.24. The van der Waals surface area contributed by atoms with Crippen molar-refractivity contribution in [1.82, 2.24) is 4.72 Å². The Morgan fingerprint density at radius 1 is 0.970 bits per heavy atom. The van der Waals surface area contributed by atoms with Crippen LogP contribution in [0.2, 0.25) is 0 Å². The first-order valence-corrected chi connectivity index (χ1v) is 11.7. The van der Waals surface area contributed by atoms with Crippen LogP contribution in [-0.4, -0.2) is 53.3 Å². The highest BCUT2D eigenvalue weighted by atomic mass is 32.2. The summed E-state index contributed by atoms with van der Waals surface area (Å²) in [6, 6.07) is 9.34. The van der Waals surface area contributed by atoms with Crippen LogP contribution in [0.15, 0.2) is 47.4 Å². The second kappa shape index (κ2) is 12.1. The third-order valence-corrected chi connectivity index (χ3v) is 5.78. The molecule has 0 aliphatic heterocycles. The fourth-order valence-electron chi connectivity index (χ4n) is 2.69. The van der Waals surface area contributed by atoms with Crippen LogP contribution in [0.3, 0.4) is 0 Å². The number of rotatable bonds is 12. The summed E-state index contributed by atoms with van der Waals surface area (Å²) in [5, 5.41) is 2.59. The minimum Gasteiger partial charge on any atom is -0.497 e. The van der Waals surface area contributed by atoms with Crippen molar-refractivity contribution in [3.8, 4) is 17.2 Å². The van der Waals surface area contributed by atoms with Crippen molar-refractivity contribution < 1.29 is 37.0 Å². The number of nitrogens with one attached hydrogen (secondary N) is 2. The average molecular weight is 481 g/mol. The Hall–Kier alpha value is -3.31. The van der Waals surface area contributed by atoms with Crippen LogP contribution in [0.5, 0.6) is 17.2 Å². The minimum absolute atomic E-state index is 0.0405. The molecule has 0 aromatic heterocycles. The number of amides is 1. The summed E-state index contributed by atoms with van der Waals surface area (Å²) in [6.45, 7) is 5.27. The molecule has 0 saturated carbocycles. The van der Waals surface area contributed by atoms with Gasteiger partial charge in [0.1, 0.15) is 11.8 Å². The van der Waals surface area contributed by atoms with Gasteiger partial charge in [0.25, 0.3) is 5.91 Å². The van der Waals surface area contributed by atoms with E-state index in [1.165, 1.54) is 38.3 Å². The van der Waals surface area contributed by atoms with Gasteiger partial charge < -0.3 is 24.3 Å². The summed E-state index contributed by atoms with van der Waals surface area (Å²) in [6.07, 6.45) is 0. The van der Waals surface area contributed by atoms with Gasteiger partial charge in [0.05, 0.1) is 25.2 Å². The van der Waals surface area contributed by atoms with Crippen LogP contribution in [-0.2, 0) is 24.3 Å². The summed E-state index contributed by atoms with van der Waals surface area (Å²) in [7, 11) is -2.51. The van der Waals surface area contributed by atoms with Crippen molar-refractivity contribution in [3.05, 3.63) is 42.5 Å². The van der Waals surface area contributed by atoms with Crippen molar-refractivity contribution in [2.45, 2.75) is 31.7 Å². The summed E-state index contributed by atoms with van der Waals surface area (Å²) < 4.78 is 48.0. The molecule has 0 spiro atoms. The molecule has 2 aromatic rings. The predicted octanol–water partition coefficient (Wildman–Crippen LogP) is 2.34. The topological polar surface area (TPSA) is 129 Å². The number of benzene rings is 2. The van der Waals surface area contributed by atoms with Gasteiger partial charge in [-0.2, -0.15) is 4.72 Å². The highest BCUT2D eigenvalue weighted by molar-refractivity contribution is 7.89. The Bertz CT molecular complexity index is 1050. The van der Waals surface area contributed by atoms with Crippen molar-refractivity contribution in [2.24, 2.45) is 0 Å². The molecule has 2 N–H and O–H groups in total. The summed E-state index contributed by atoms with van der Waals surface area (Å²) in [5.41, 5.74) is 0.427. The number of carbonyl (C=O) groups is 2. The molecule has 1 atom stereocenters. The number of anilines is 1. The summed E-state index contributed by atoms with van der Waals surface area (Å²) >= 11 is 0. The maximum absolute atomic E-state index is 12.4. The van der Waals surface area contributed by atoms with E-state index in [0.717, 1.165) is 0 Å². The SMILES string of the molecule is CCOc1ccc(NC(=O)COC(=O)[C@H](C)NS(=O)(=O)c2ccc(OC)cc2)cc1OCC. The standard InChI is InChI=1S/C22H28N2O8S/c1-5-30-19-12-7-16(13-20(19)31-6-2)23-21(25)14-32-22(26)15(3)24-33(27,28)18-10-8-17(29-4)9-11-18/h7-13,15,24H,5-6,14H2,1-4H3,(H,23,25)/t15-/m0/s1. The molecule has 1 amide bonds. The van der Waals surface area contributed by atoms with Crippen LogP contribution >= 0.6 is 0 Å². The molecule has 0 unspecified atom stereocenters. The Morgan fingerprint density at radius 2 is 1.61 bits per heavy atom. The van der Waals surface area contributed by atoms with E-state index >= 15 is 0 Å². The number of hydrogen-bond donors (Lipinski definition) is 2. The average Bonchev–Trinajstić information content (AvgIpc) is 2.79. The smallest absolute Gasteiger partial charge is 0.324 e. The Balaban J connectivity index is 1.91. The predicted molar refractivity (Wildman–Crippen MR) is 121 cm³/mol. The number of methoxy groups -OCH3 is 1. The molecule has 0 heterocycles. The van der Waals surface area contributed by atoms with Gasteiger partial charge in [-0.3, -0.25) is 9.59 Å². The molecule has 11 heteroatoms. The molecule has 180 valence electrons. The molecule has 2 rings (SSSR count). The summed E-state index contributed by atoms with van der Waals surface area (Å²) in [4.78, 5) is 24.3. The number of sulfonamides is 1. The van der Waals surface area contributed by atoms with E-state index < -0.39 is 34.5 Å². The van der Waals surface area contributed by atoms with E-state index in [2.05, 4.69) is 10.0 Å². The zero-order valence-corrected chi connectivity index (χ0v) is 19.7. The van der Waals surface area contributed by atoms with Gasteiger partial charge in [-0.25, -0.2) is 8.42 Å². The van der Waals surface area contributed by atoms with Crippen molar-refractivity contribution in [2.75, 3.05) is 32.2 Å². The number of ether oxygens (including phenoxy) is 4. The third kappa shape index (κ3) is 7.65. The first kappa shape index (κ1) is 25.9. The monoisotopic (exact) mass is 480 g/mol. The first-order valence-electron chi connectivity index (χ1n) is 10.2. The van der Waals surface area contributed by atoms with Crippen LogP contribution in [0.25, 0.3) is 0 Å². The molecule has 0 fully saturated rings. The maximum Gasteiger partial charge on any atom is 0.324 e. The zero-order valence-electron chi connectivity index (χ0n) is 18.9. The fourth-order valence-corrected chi connectivity index (χ4v) is 3.88.